The van der Waals surface area contributed by atoms with Crippen molar-refractivity contribution < 1.29 is 21.6 Å². The van der Waals surface area contributed by atoms with E-state index in [9.17, 15) is 21.6 Å². The monoisotopic (exact) mass is 322 g/mol. The molecule has 0 radical (unpaired) electrons. The molecule has 9 heteroatoms. The van der Waals surface area contributed by atoms with Crippen molar-refractivity contribution in [1.29, 1.82) is 0 Å². The fraction of sp³-hybridized carbons (Fsp3) is 1.00. The molecule has 1 fully saturated rings. The SMILES string of the molecule is CC(CCl)CS(=O)(=O)N1CCN(CC(F)(F)F)CC1. The Morgan fingerprint density at radius 2 is 1.74 bits per heavy atom. The summed E-state index contributed by atoms with van der Waals surface area (Å²) in [5, 5.41) is 0. The standard InChI is InChI=1S/C10H18ClF3N2O2S/c1-9(6-11)7-19(17,18)16-4-2-15(3-5-16)8-10(12,13)14/h9H,2-8H2,1H3. The lowest BCUT2D eigenvalue weighted by atomic mass is 10.3. The molecule has 4 nitrogen and oxygen atoms in total. The van der Waals surface area contributed by atoms with Gasteiger partial charge in [-0.15, -0.1) is 11.6 Å². The summed E-state index contributed by atoms with van der Waals surface area (Å²) in [6.45, 7) is 1.16. The minimum atomic E-state index is -4.24. The van der Waals surface area contributed by atoms with Gasteiger partial charge < -0.3 is 0 Å². The number of hydrogen-bond acceptors (Lipinski definition) is 3. The van der Waals surface area contributed by atoms with E-state index in [4.69, 9.17) is 11.6 Å². The lowest BCUT2D eigenvalue weighted by Crippen LogP contribution is -2.51. The number of rotatable bonds is 5. The molecule has 1 aliphatic rings. The predicted molar refractivity (Wildman–Crippen MR) is 67.7 cm³/mol. The molecule has 19 heavy (non-hydrogen) atoms. The van der Waals surface area contributed by atoms with Gasteiger partial charge >= 0.3 is 6.18 Å². The minimum absolute atomic E-state index is 0.0598. The largest absolute Gasteiger partial charge is 0.401 e. The summed E-state index contributed by atoms with van der Waals surface area (Å²) in [6.07, 6.45) is -4.24. The first kappa shape index (κ1) is 17.0. The van der Waals surface area contributed by atoms with Crippen LogP contribution in [-0.2, 0) is 10.0 Å². The van der Waals surface area contributed by atoms with E-state index in [1.54, 1.807) is 6.92 Å². The third kappa shape index (κ3) is 5.85. The Morgan fingerprint density at radius 1 is 1.21 bits per heavy atom. The Labute approximate surface area is 116 Å². The molecule has 0 saturated carbocycles. The highest BCUT2D eigenvalue weighted by Gasteiger charge is 2.34. The lowest BCUT2D eigenvalue weighted by molar-refractivity contribution is -0.148. The van der Waals surface area contributed by atoms with Crippen LogP contribution in [0.4, 0.5) is 13.2 Å². The van der Waals surface area contributed by atoms with Crippen molar-refractivity contribution in [2.45, 2.75) is 13.1 Å². The molecule has 114 valence electrons. The van der Waals surface area contributed by atoms with Crippen LogP contribution in [-0.4, -0.2) is 68.2 Å². The molecular formula is C10H18ClF3N2O2S. The smallest absolute Gasteiger partial charge is 0.292 e. The first-order chi connectivity index (χ1) is 8.64. The summed E-state index contributed by atoms with van der Waals surface area (Å²) < 4.78 is 61.8. The number of alkyl halides is 4. The van der Waals surface area contributed by atoms with Crippen LogP contribution in [0.1, 0.15) is 6.92 Å². The first-order valence-corrected chi connectivity index (χ1v) is 8.11. The summed E-state index contributed by atoms with van der Waals surface area (Å²) in [6, 6.07) is 0. The van der Waals surface area contributed by atoms with E-state index in [1.807, 2.05) is 0 Å². The summed E-state index contributed by atoms with van der Waals surface area (Å²) in [5.74, 6) is 0.0168. The molecule has 1 saturated heterocycles. The second-order valence-electron chi connectivity index (χ2n) is 4.83. The maximum Gasteiger partial charge on any atom is 0.401 e. The molecule has 1 rings (SSSR count). The van der Waals surface area contributed by atoms with Crippen molar-refractivity contribution in [2.24, 2.45) is 5.92 Å². The van der Waals surface area contributed by atoms with E-state index < -0.39 is 22.7 Å². The Kier molecular flexibility index (Phi) is 5.91. The molecule has 1 unspecified atom stereocenters. The highest BCUT2D eigenvalue weighted by atomic mass is 35.5. The number of halogens is 4. The fourth-order valence-electron chi connectivity index (χ4n) is 1.93. The lowest BCUT2D eigenvalue weighted by Gasteiger charge is -2.34. The molecule has 0 bridgehead atoms. The maximum atomic E-state index is 12.2. The van der Waals surface area contributed by atoms with Crippen molar-refractivity contribution >= 4 is 21.6 Å². The zero-order valence-corrected chi connectivity index (χ0v) is 12.2. The molecule has 0 aromatic carbocycles. The molecular weight excluding hydrogens is 305 g/mol. The van der Waals surface area contributed by atoms with Crippen LogP contribution in [0, 0.1) is 5.92 Å². The second kappa shape index (κ2) is 6.60. The van der Waals surface area contributed by atoms with Gasteiger partial charge in [0, 0.05) is 32.1 Å². The third-order valence-electron chi connectivity index (χ3n) is 2.89. The molecule has 0 amide bonds. The number of piperazine rings is 1. The van der Waals surface area contributed by atoms with E-state index in [0.717, 1.165) is 0 Å². The topological polar surface area (TPSA) is 40.6 Å². The van der Waals surface area contributed by atoms with Crippen LogP contribution in [0.25, 0.3) is 0 Å². The van der Waals surface area contributed by atoms with Crippen molar-refractivity contribution in [3.8, 4) is 0 Å². The van der Waals surface area contributed by atoms with Gasteiger partial charge in [0.25, 0.3) is 0 Å². The predicted octanol–water partition coefficient (Wildman–Crippen LogP) is 1.37. The van der Waals surface area contributed by atoms with E-state index in [2.05, 4.69) is 0 Å². The van der Waals surface area contributed by atoms with Gasteiger partial charge in [-0.2, -0.15) is 17.5 Å². The highest BCUT2D eigenvalue weighted by Crippen LogP contribution is 2.18. The molecule has 0 aliphatic carbocycles. The molecule has 1 heterocycles. The van der Waals surface area contributed by atoms with Crippen LogP contribution < -0.4 is 0 Å². The quantitative estimate of drug-likeness (QED) is 0.718. The Bertz CT molecular complexity index is 381. The number of nitrogens with zero attached hydrogens (tertiary/aromatic N) is 2. The van der Waals surface area contributed by atoms with Gasteiger partial charge in [0.1, 0.15) is 0 Å². The maximum absolute atomic E-state index is 12.2. The van der Waals surface area contributed by atoms with Crippen molar-refractivity contribution in [2.75, 3.05) is 44.4 Å². The third-order valence-corrected chi connectivity index (χ3v) is 5.56. The van der Waals surface area contributed by atoms with Crippen LogP contribution in [0.15, 0.2) is 0 Å². The first-order valence-electron chi connectivity index (χ1n) is 5.97. The summed E-state index contributed by atoms with van der Waals surface area (Å²) >= 11 is 5.58. The molecule has 1 atom stereocenters. The molecule has 0 aromatic heterocycles. The van der Waals surface area contributed by atoms with Gasteiger partial charge in [-0.1, -0.05) is 6.92 Å². The van der Waals surface area contributed by atoms with Gasteiger partial charge in [-0.3, -0.25) is 4.90 Å². The van der Waals surface area contributed by atoms with E-state index >= 15 is 0 Å². The molecule has 1 aliphatic heterocycles. The second-order valence-corrected chi connectivity index (χ2v) is 7.15. The fourth-order valence-corrected chi connectivity index (χ4v) is 3.93. The zero-order chi connectivity index (χ0) is 14.7. The zero-order valence-electron chi connectivity index (χ0n) is 10.7. The molecule has 0 aromatic rings. The molecule has 0 spiro atoms. The van der Waals surface area contributed by atoms with E-state index in [1.165, 1.54) is 9.21 Å². The number of sulfonamides is 1. The van der Waals surface area contributed by atoms with E-state index in [-0.39, 0.29) is 43.7 Å². The van der Waals surface area contributed by atoms with Crippen LogP contribution in [0.3, 0.4) is 0 Å². The summed E-state index contributed by atoms with van der Waals surface area (Å²) in [5.41, 5.74) is 0. The van der Waals surface area contributed by atoms with Gasteiger partial charge in [0.05, 0.1) is 12.3 Å². The van der Waals surface area contributed by atoms with Gasteiger partial charge in [-0.25, -0.2) is 8.42 Å². The van der Waals surface area contributed by atoms with Crippen molar-refractivity contribution in [3.05, 3.63) is 0 Å². The van der Waals surface area contributed by atoms with Crippen molar-refractivity contribution in [1.82, 2.24) is 9.21 Å². The van der Waals surface area contributed by atoms with E-state index in [0.29, 0.717) is 0 Å². The highest BCUT2D eigenvalue weighted by molar-refractivity contribution is 7.89. The van der Waals surface area contributed by atoms with Crippen LogP contribution >= 0.6 is 11.6 Å². The number of hydrogen-bond donors (Lipinski definition) is 0. The van der Waals surface area contributed by atoms with Crippen LogP contribution in [0.2, 0.25) is 0 Å². The van der Waals surface area contributed by atoms with Gasteiger partial charge in [-0.05, 0) is 5.92 Å². The van der Waals surface area contributed by atoms with Crippen molar-refractivity contribution in [3.63, 3.8) is 0 Å². The minimum Gasteiger partial charge on any atom is -0.292 e. The Balaban J connectivity index is 2.49. The van der Waals surface area contributed by atoms with Gasteiger partial charge in [0.2, 0.25) is 10.0 Å². The Morgan fingerprint density at radius 3 is 2.16 bits per heavy atom. The summed E-state index contributed by atoms with van der Waals surface area (Å²) in [7, 11) is -3.42. The van der Waals surface area contributed by atoms with Crippen LogP contribution in [0.5, 0.6) is 0 Å². The van der Waals surface area contributed by atoms with Gasteiger partial charge in [0.15, 0.2) is 0 Å². The Hall–Kier alpha value is -0.0500. The normalized spacial score (nSPS) is 21.5. The molecule has 0 N–H and O–H groups in total. The average Bonchev–Trinajstić information content (AvgIpc) is 2.26. The summed E-state index contributed by atoms with van der Waals surface area (Å²) in [4.78, 5) is 1.22. The average molecular weight is 323 g/mol.